The number of aromatic nitrogens is 5. The van der Waals surface area contributed by atoms with Gasteiger partial charge >= 0.3 is 0 Å². The molecule has 2 aromatic heterocycles. The summed E-state index contributed by atoms with van der Waals surface area (Å²) in [4.78, 5) is 30.0. The molecule has 14 heteroatoms. The first-order chi connectivity index (χ1) is 21.1. The lowest BCUT2D eigenvalue weighted by molar-refractivity contribution is 0.0511. The predicted molar refractivity (Wildman–Crippen MR) is 162 cm³/mol. The summed E-state index contributed by atoms with van der Waals surface area (Å²) in [6, 6.07) is 13.2. The molecule has 2 heterocycles. The van der Waals surface area contributed by atoms with Crippen LogP contribution in [0.3, 0.4) is 0 Å². The Morgan fingerprint density at radius 3 is 2.30 bits per heavy atom. The number of aryl methyl sites for hydroxylation is 1. The van der Waals surface area contributed by atoms with Crippen molar-refractivity contribution in [3.05, 3.63) is 84.2 Å². The van der Waals surface area contributed by atoms with Crippen LogP contribution in [0, 0.1) is 5.82 Å². The van der Waals surface area contributed by atoms with Crippen molar-refractivity contribution < 1.29 is 18.7 Å². The monoisotopic (exact) mass is 592 g/mol. The number of nitrogens with one attached hydrogen (secondary N) is 4. The topological polar surface area (TPSA) is 166 Å². The van der Waals surface area contributed by atoms with Crippen LogP contribution in [-0.2, 0) is 22.6 Å². The molecule has 0 bridgehead atoms. The van der Waals surface area contributed by atoms with Crippen LogP contribution in [0.4, 0.5) is 27.9 Å². The Hall–Kier alpha value is -4.66. The van der Waals surface area contributed by atoms with E-state index in [0.717, 1.165) is 18.5 Å². The smallest absolute Gasteiger partial charge is 0.251 e. The van der Waals surface area contributed by atoms with Gasteiger partial charge in [-0.05, 0) is 48.4 Å². The van der Waals surface area contributed by atoms with Crippen molar-refractivity contribution in [1.82, 2.24) is 29.8 Å². The zero-order valence-electron chi connectivity index (χ0n) is 23.8. The Kier molecular flexibility index (Phi) is 12.6. The average molecular weight is 593 g/mol. The molecular weight excluding hydrogens is 555 g/mol. The molecule has 1 amide bonds. The lowest BCUT2D eigenvalue weighted by Crippen LogP contribution is -2.27. The molecule has 0 aliphatic carbocycles. The van der Waals surface area contributed by atoms with Gasteiger partial charge in [-0.3, -0.25) is 4.79 Å². The molecule has 13 nitrogen and oxygen atoms in total. The quantitative estimate of drug-likeness (QED) is 0.102. The lowest BCUT2D eigenvalue weighted by Gasteiger charge is -2.12. The van der Waals surface area contributed by atoms with Gasteiger partial charge in [-0.2, -0.15) is 15.0 Å². The maximum Gasteiger partial charge on any atom is 0.251 e. The maximum absolute atomic E-state index is 13.3. The van der Waals surface area contributed by atoms with Gasteiger partial charge in [-0.15, -0.1) is 0 Å². The van der Waals surface area contributed by atoms with Gasteiger partial charge < -0.3 is 41.0 Å². The van der Waals surface area contributed by atoms with Gasteiger partial charge in [0, 0.05) is 56.4 Å². The van der Waals surface area contributed by atoms with E-state index in [1.807, 2.05) is 10.8 Å². The number of anilines is 4. The first-order valence-corrected chi connectivity index (χ1v) is 14.0. The minimum atomic E-state index is -0.296. The third-order valence-corrected chi connectivity index (χ3v) is 6.00. The lowest BCUT2D eigenvalue weighted by atomic mass is 10.2. The highest BCUT2D eigenvalue weighted by molar-refractivity contribution is 5.94. The third-order valence-electron chi connectivity index (χ3n) is 6.00. The van der Waals surface area contributed by atoms with E-state index in [9.17, 15) is 9.18 Å². The predicted octanol–water partition coefficient (Wildman–Crippen LogP) is 2.79. The van der Waals surface area contributed by atoms with E-state index in [1.165, 1.54) is 12.1 Å². The minimum Gasteiger partial charge on any atom is -0.378 e. The molecule has 0 saturated heterocycles. The molecule has 0 radical (unpaired) electrons. The first kappa shape index (κ1) is 31.3. The van der Waals surface area contributed by atoms with Gasteiger partial charge in [0.05, 0.1) is 32.8 Å². The molecule has 0 unspecified atom stereocenters. The number of ether oxygens (including phenoxy) is 2. The summed E-state index contributed by atoms with van der Waals surface area (Å²) in [5, 5.41) is 12.4. The van der Waals surface area contributed by atoms with Crippen LogP contribution in [0.25, 0.3) is 0 Å². The van der Waals surface area contributed by atoms with Gasteiger partial charge in [-0.25, -0.2) is 9.37 Å². The van der Waals surface area contributed by atoms with Crippen molar-refractivity contribution in [1.29, 1.82) is 0 Å². The Labute approximate surface area is 249 Å². The van der Waals surface area contributed by atoms with Crippen LogP contribution >= 0.6 is 0 Å². The molecule has 0 fully saturated rings. The van der Waals surface area contributed by atoms with Gasteiger partial charge in [-0.1, -0.05) is 12.1 Å². The van der Waals surface area contributed by atoms with Crippen molar-refractivity contribution in [2.75, 3.05) is 62.0 Å². The van der Waals surface area contributed by atoms with E-state index in [1.54, 1.807) is 48.9 Å². The highest BCUT2D eigenvalue weighted by Gasteiger charge is 2.09. The summed E-state index contributed by atoms with van der Waals surface area (Å²) in [5.41, 5.74) is 7.44. The maximum atomic E-state index is 13.3. The molecule has 4 aromatic rings. The minimum absolute atomic E-state index is 0.204. The fraction of sp³-hybridized carbons (Fsp3) is 0.345. The van der Waals surface area contributed by atoms with E-state index in [0.29, 0.717) is 81.7 Å². The second-order valence-corrected chi connectivity index (χ2v) is 9.34. The summed E-state index contributed by atoms with van der Waals surface area (Å²) in [5.74, 6) is 0.565. The molecule has 0 aliphatic rings. The van der Waals surface area contributed by atoms with Crippen molar-refractivity contribution in [3.63, 3.8) is 0 Å². The number of imidazole rings is 1. The number of halogens is 1. The number of hydrogen-bond donors (Lipinski definition) is 5. The number of carbonyl (C=O) groups is 1. The first-order valence-electron chi connectivity index (χ1n) is 14.0. The largest absolute Gasteiger partial charge is 0.378 e. The zero-order chi connectivity index (χ0) is 30.1. The Morgan fingerprint density at radius 2 is 1.58 bits per heavy atom. The normalized spacial score (nSPS) is 10.8. The summed E-state index contributed by atoms with van der Waals surface area (Å²) < 4.78 is 26.0. The highest BCUT2D eigenvalue weighted by atomic mass is 19.1. The molecule has 43 heavy (non-hydrogen) atoms. The van der Waals surface area contributed by atoms with Crippen LogP contribution in [0.1, 0.15) is 22.3 Å². The SMILES string of the molecule is NCCOCCOCCNC(=O)c1ccc(Nc2nc(NCCCn3ccnc3)nc(NCc3ccc(F)cc3)n2)cc1. The number of nitrogens with zero attached hydrogens (tertiary/aromatic N) is 5. The molecule has 0 atom stereocenters. The van der Waals surface area contributed by atoms with Crippen molar-refractivity contribution in [2.24, 2.45) is 5.73 Å². The van der Waals surface area contributed by atoms with E-state index in [-0.39, 0.29) is 11.7 Å². The molecule has 0 saturated carbocycles. The number of benzene rings is 2. The zero-order valence-corrected chi connectivity index (χ0v) is 23.8. The summed E-state index contributed by atoms with van der Waals surface area (Å²) >= 11 is 0. The molecular formula is C29H37FN10O3. The van der Waals surface area contributed by atoms with E-state index < -0.39 is 0 Å². The van der Waals surface area contributed by atoms with Crippen LogP contribution in [0.15, 0.2) is 67.3 Å². The Balaban J connectivity index is 1.32. The second kappa shape index (κ2) is 17.3. The van der Waals surface area contributed by atoms with Crippen molar-refractivity contribution in [3.8, 4) is 0 Å². The van der Waals surface area contributed by atoms with Crippen LogP contribution in [-0.4, -0.2) is 76.5 Å². The number of nitrogens with two attached hydrogens (primary N) is 1. The van der Waals surface area contributed by atoms with Crippen molar-refractivity contribution in [2.45, 2.75) is 19.5 Å². The molecule has 2 aromatic carbocycles. The molecule has 6 N–H and O–H groups in total. The number of rotatable bonds is 19. The molecule has 228 valence electrons. The fourth-order valence-corrected chi connectivity index (χ4v) is 3.83. The average Bonchev–Trinajstić information content (AvgIpc) is 3.54. The van der Waals surface area contributed by atoms with Crippen molar-refractivity contribution >= 4 is 29.4 Å². The fourth-order valence-electron chi connectivity index (χ4n) is 3.83. The van der Waals surface area contributed by atoms with Gasteiger partial charge in [0.15, 0.2) is 0 Å². The van der Waals surface area contributed by atoms with Crippen LogP contribution < -0.4 is 27.0 Å². The highest BCUT2D eigenvalue weighted by Crippen LogP contribution is 2.17. The van der Waals surface area contributed by atoms with Crippen LogP contribution in [0.5, 0.6) is 0 Å². The van der Waals surface area contributed by atoms with E-state index >= 15 is 0 Å². The molecule has 0 aliphatic heterocycles. The summed E-state index contributed by atoms with van der Waals surface area (Å²) in [6.45, 7) is 4.49. The molecule has 0 spiro atoms. The second-order valence-electron chi connectivity index (χ2n) is 9.34. The third kappa shape index (κ3) is 11.3. The molecule has 4 rings (SSSR count). The van der Waals surface area contributed by atoms with Gasteiger partial charge in [0.25, 0.3) is 5.91 Å². The van der Waals surface area contributed by atoms with E-state index in [2.05, 4.69) is 41.2 Å². The summed E-state index contributed by atoms with van der Waals surface area (Å²) in [6.07, 6.45) is 6.26. The van der Waals surface area contributed by atoms with Gasteiger partial charge in [0.1, 0.15) is 5.82 Å². The number of carbonyl (C=O) groups excluding carboxylic acids is 1. The number of amides is 1. The Morgan fingerprint density at radius 1 is 0.860 bits per heavy atom. The number of hydrogen-bond acceptors (Lipinski definition) is 11. The van der Waals surface area contributed by atoms with E-state index in [4.69, 9.17) is 15.2 Å². The van der Waals surface area contributed by atoms with Gasteiger partial charge in [0.2, 0.25) is 17.8 Å². The van der Waals surface area contributed by atoms with Crippen LogP contribution in [0.2, 0.25) is 0 Å². The summed E-state index contributed by atoms with van der Waals surface area (Å²) in [7, 11) is 0. The standard InChI is InChI=1S/C29H37FN10O3/c30-24-6-2-22(3-7-24)20-35-28-37-27(34-11-1-14-40-15-12-32-21-40)38-29(39-28)36-25-8-4-23(5-9-25)26(41)33-13-17-43-19-18-42-16-10-31/h2-9,12,15,21H,1,10-11,13-14,16-20,31H2,(H,33,41)(H3,34,35,36,37,38,39). The Bertz CT molecular complexity index is 1370.